The Kier molecular flexibility index (Phi) is 5.29. The van der Waals surface area contributed by atoms with Crippen molar-refractivity contribution in [1.29, 1.82) is 0 Å². The summed E-state index contributed by atoms with van der Waals surface area (Å²) in [4.78, 5) is 0.192. The minimum atomic E-state index is 0.192. The third-order valence-corrected chi connectivity index (χ3v) is 5.06. The molecule has 106 valence electrons. The van der Waals surface area contributed by atoms with E-state index >= 15 is 0 Å². The van der Waals surface area contributed by atoms with Crippen molar-refractivity contribution in [2.24, 2.45) is 0 Å². The number of alkyl halides is 1. The molecule has 0 aromatic heterocycles. The van der Waals surface area contributed by atoms with Crippen LogP contribution in [0.2, 0.25) is 5.02 Å². The first-order chi connectivity index (χ1) is 9.56. The normalized spacial score (nSPS) is 12.4. The summed E-state index contributed by atoms with van der Waals surface area (Å²) in [5, 5.41) is 0.788. The predicted octanol–water partition coefficient (Wildman–Crippen LogP) is 6.26. The molecule has 0 heterocycles. The summed E-state index contributed by atoms with van der Waals surface area (Å²) in [5.74, 6) is 0. The molecule has 0 saturated heterocycles. The Balaban J connectivity index is 2.42. The molecule has 0 aliphatic carbocycles. The number of aryl methyl sites for hydroxylation is 3. The van der Waals surface area contributed by atoms with Gasteiger partial charge in [0.2, 0.25) is 0 Å². The van der Waals surface area contributed by atoms with Gasteiger partial charge in [-0.05, 0) is 59.7 Å². The fraction of sp³-hybridized carbons (Fsp3) is 0.333. The van der Waals surface area contributed by atoms with Gasteiger partial charge in [-0.2, -0.15) is 0 Å². The first-order valence-corrected chi connectivity index (χ1v) is 8.38. The SMILES string of the molecule is CCc1ccc(C(Br)c2cc(Cl)ccc2C)cc1CC. The first-order valence-electron chi connectivity index (χ1n) is 7.08. The highest BCUT2D eigenvalue weighted by molar-refractivity contribution is 9.09. The maximum Gasteiger partial charge on any atom is 0.0647 e. The van der Waals surface area contributed by atoms with Gasteiger partial charge in [0.25, 0.3) is 0 Å². The van der Waals surface area contributed by atoms with Gasteiger partial charge in [0, 0.05) is 5.02 Å². The number of hydrogen-bond donors (Lipinski definition) is 0. The zero-order valence-corrected chi connectivity index (χ0v) is 14.6. The van der Waals surface area contributed by atoms with Gasteiger partial charge in [0.15, 0.2) is 0 Å². The molecule has 0 aliphatic heterocycles. The number of halogens is 2. The highest BCUT2D eigenvalue weighted by Crippen LogP contribution is 2.35. The Hall–Kier alpha value is -0.790. The van der Waals surface area contributed by atoms with E-state index in [0.29, 0.717) is 0 Å². The second-order valence-electron chi connectivity index (χ2n) is 5.10. The van der Waals surface area contributed by atoms with Gasteiger partial charge in [0.1, 0.15) is 0 Å². The minimum absolute atomic E-state index is 0.192. The second-order valence-corrected chi connectivity index (χ2v) is 6.45. The predicted molar refractivity (Wildman–Crippen MR) is 92.2 cm³/mol. The molecule has 0 N–H and O–H groups in total. The summed E-state index contributed by atoms with van der Waals surface area (Å²) < 4.78 is 0. The number of rotatable bonds is 4. The summed E-state index contributed by atoms with van der Waals surface area (Å²) in [6.07, 6.45) is 2.16. The maximum atomic E-state index is 6.13. The Bertz CT molecular complexity index is 604. The number of benzene rings is 2. The van der Waals surface area contributed by atoms with E-state index in [9.17, 15) is 0 Å². The topological polar surface area (TPSA) is 0 Å². The van der Waals surface area contributed by atoms with E-state index in [1.165, 1.54) is 27.8 Å². The molecule has 2 aromatic carbocycles. The molecule has 0 fully saturated rings. The molecular formula is C18H20BrCl. The second kappa shape index (κ2) is 6.78. The monoisotopic (exact) mass is 350 g/mol. The van der Waals surface area contributed by atoms with E-state index in [4.69, 9.17) is 11.6 Å². The molecule has 0 amide bonds. The average Bonchev–Trinajstić information content (AvgIpc) is 2.48. The van der Waals surface area contributed by atoms with E-state index in [2.05, 4.69) is 67.0 Å². The standard InChI is InChI=1S/C18H20BrCl/c1-4-13-7-8-15(10-14(13)5-2)18(19)17-11-16(20)9-6-12(17)3/h6-11,18H,4-5H2,1-3H3. The molecule has 0 spiro atoms. The lowest BCUT2D eigenvalue weighted by atomic mass is 9.95. The zero-order chi connectivity index (χ0) is 14.7. The Morgan fingerprint density at radius 2 is 1.70 bits per heavy atom. The minimum Gasteiger partial charge on any atom is -0.0843 e. The van der Waals surface area contributed by atoms with Crippen molar-refractivity contribution < 1.29 is 0 Å². The van der Waals surface area contributed by atoms with Crippen LogP contribution in [0, 0.1) is 6.92 Å². The smallest absolute Gasteiger partial charge is 0.0647 e. The van der Waals surface area contributed by atoms with Crippen LogP contribution in [0.3, 0.4) is 0 Å². The van der Waals surface area contributed by atoms with Crippen LogP contribution in [-0.4, -0.2) is 0 Å². The molecule has 2 rings (SSSR count). The van der Waals surface area contributed by atoms with Crippen LogP contribution in [0.5, 0.6) is 0 Å². The van der Waals surface area contributed by atoms with E-state index in [1.54, 1.807) is 0 Å². The highest BCUT2D eigenvalue weighted by atomic mass is 79.9. The lowest BCUT2D eigenvalue weighted by molar-refractivity contribution is 1.02. The molecular weight excluding hydrogens is 332 g/mol. The average molecular weight is 352 g/mol. The number of hydrogen-bond acceptors (Lipinski definition) is 0. The summed E-state index contributed by atoms with van der Waals surface area (Å²) in [7, 11) is 0. The summed E-state index contributed by atoms with van der Waals surface area (Å²) in [6.45, 7) is 6.55. The van der Waals surface area contributed by atoms with Crippen molar-refractivity contribution in [2.75, 3.05) is 0 Å². The van der Waals surface area contributed by atoms with Gasteiger partial charge in [-0.15, -0.1) is 0 Å². The lowest BCUT2D eigenvalue weighted by Crippen LogP contribution is -1.99. The molecule has 2 heteroatoms. The van der Waals surface area contributed by atoms with Crippen LogP contribution in [-0.2, 0) is 12.8 Å². The fourth-order valence-corrected chi connectivity index (χ4v) is 3.50. The van der Waals surface area contributed by atoms with Crippen LogP contribution in [0.4, 0.5) is 0 Å². The van der Waals surface area contributed by atoms with Gasteiger partial charge in [-0.3, -0.25) is 0 Å². The largest absolute Gasteiger partial charge is 0.0843 e. The van der Waals surface area contributed by atoms with Crippen molar-refractivity contribution in [2.45, 2.75) is 38.4 Å². The highest BCUT2D eigenvalue weighted by Gasteiger charge is 2.14. The van der Waals surface area contributed by atoms with Crippen molar-refractivity contribution in [3.63, 3.8) is 0 Å². The summed E-state index contributed by atoms with van der Waals surface area (Å²) in [6, 6.07) is 12.9. The Labute approximate surface area is 135 Å². The molecule has 0 nitrogen and oxygen atoms in total. The van der Waals surface area contributed by atoms with Crippen molar-refractivity contribution >= 4 is 27.5 Å². The Morgan fingerprint density at radius 3 is 2.35 bits per heavy atom. The Morgan fingerprint density at radius 1 is 1.00 bits per heavy atom. The molecule has 2 aromatic rings. The van der Waals surface area contributed by atoms with Crippen LogP contribution in [0.15, 0.2) is 36.4 Å². The molecule has 1 unspecified atom stereocenters. The van der Waals surface area contributed by atoms with Gasteiger partial charge >= 0.3 is 0 Å². The molecule has 0 radical (unpaired) electrons. The van der Waals surface area contributed by atoms with Crippen molar-refractivity contribution in [3.8, 4) is 0 Å². The van der Waals surface area contributed by atoms with E-state index in [0.717, 1.165) is 17.9 Å². The van der Waals surface area contributed by atoms with Gasteiger partial charge in [-0.25, -0.2) is 0 Å². The fourth-order valence-electron chi connectivity index (χ4n) is 2.54. The first kappa shape index (κ1) is 15.6. The van der Waals surface area contributed by atoms with Crippen LogP contribution >= 0.6 is 27.5 Å². The molecule has 20 heavy (non-hydrogen) atoms. The quantitative estimate of drug-likeness (QED) is 0.570. The molecule has 0 saturated carbocycles. The third kappa shape index (κ3) is 3.27. The molecule has 0 aliphatic rings. The van der Waals surface area contributed by atoms with E-state index in [-0.39, 0.29) is 4.83 Å². The van der Waals surface area contributed by atoms with Crippen LogP contribution in [0.1, 0.15) is 46.5 Å². The van der Waals surface area contributed by atoms with Crippen LogP contribution in [0.25, 0.3) is 0 Å². The summed E-state index contributed by atoms with van der Waals surface area (Å²) >= 11 is 9.96. The van der Waals surface area contributed by atoms with Gasteiger partial charge in [-0.1, -0.05) is 65.6 Å². The summed E-state index contributed by atoms with van der Waals surface area (Å²) in [5.41, 5.74) is 6.68. The third-order valence-electron chi connectivity index (χ3n) is 3.80. The van der Waals surface area contributed by atoms with Crippen LogP contribution < -0.4 is 0 Å². The van der Waals surface area contributed by atoms with E-state index in [1.807, 2.05) is 6.07 Å². The van der Waals surface area contributed by atoms with Crippen molar-refractivity contribution in [3.05, 3.63) is 69.2 Å². The van der Waals surface area contributed by atoms with Crippen molar-refractivity contribution in [1.82, 2.24) is 0 Å². The van der Waals surface area contributed by atoms with Gasteiger partial charge < -0.3 is 0 Å². The molecule has 1 atom stereocenters. The lowest BCUT2D eigenvalue weighted by Gasteiger charge is -2.16. The zero-order valence-electron chi connectivity index (χ0n) is 12.2. The van der Waals surface area contributed by atoms with Gasteiger partial charge in [0.05, 0.1) is 4.83 Å². The van der Waals surface area contributed by atoms with E-state index < -0.39 is 0 Å². The maximum absolute atomic E-state index is 6.13. The molecule has 0 bridgehead atoms.